The first-order chi connectivity index (χ1) is 9.45. The quantitative estimate of drug-likeness (QED) is 0.923. The van der Waals surface area contributed by atoms with Gasteiger partial charge in [0.15, 0.2) is 0 Å². The fraction of sp³-hybridized carbons (Fsp3) is 0.333. The lowest BCUT2D eigenvalue weighted by atomic mass is 10.1. The van der Waals surface area contributed by atoms with E-state index in [1.54, 1.807) is 0 Å². The summed E-state index contributed by atoms with van der Waals surface area (Å²) in [6.45, 7) is 6.10. The molecule has 0 radical (unpaired) electrons. The maximum atomic E-state index is 13.5. The van der Waals surface area contributed by atoms with E-state index in [-0.39, 0.29) is 18.0 Å². The first kappa shape index (κ1) is 14.4. The van der Waals surface area contributed by atoms with Crippen LogP contribution in [0.25, 0.3) is 0 Å². The number of anilines is 1. The smallest absolute Gasteiger partial charge is 0.223 e. The maximum Gasteiger partial charge on any atom is 0.223 e. The van der Waals surface area contributed by atoms with Crippen LogP contribution in [0.5, 0.6) is 0 Å². The van der Waals surface area contributed by atoms with Crippen LogP contribution >= 0.6 is 0 Å². The summed E-state index contributed by atoms with van der Waals surface area (Å²) in [4.78, 5) is 8.61. The average molecular weight is 277 g/mol. The van der Waals surface area contributed by atoms with Gasteiger partial charge >= 0.3 is 0 Å². The van der Waals surface area contributed by atoms with E-state index in [1.165, 1.54) is 6.07 Å². The number of halogens is 2. The van der Waals surface area contributed by atoms with Gasteiger partial charge in [-0.25, -0.2) is 18.7 Å². The van der Waals surface area contributed by atoms with E-state index >= 15 is 0 Å². The van der Waals surface area contributed by atoms with Crippen molar-refractivity contribution in [2.75, 3.05) is 5.32 Å². The summed E-state index contributed by atoms with van der Waals surface area (Å²) in [6, 6.07) is 5.29. The molecule has 0 aliphatic carbocycles. The molecule has 2 rings (SSSR count). The van der Waals surface area contributed by atoms with Crippen LogP contribution < -0.4 is 5.32 Å². The zero-order chi connectivity index (χ0) is 14.7. The van der Waals surface area contributed by atoms with Crippen molar-refractivity contribution < 1.29 is 8.78 Å². The van der Waals surface area contributed by atoms with Crippen LogP contribution in [0.3, 0.4) is 0 Å². The molecule has 1 aromatic carbocycles. The van der Waals surface area contributed by atoms with Crippen LogP contribution in [-0.2, 0) is 6.54 Å². The fourth-order valence-electron chi connectivity index (χ4n) is 1.82. The first-order valence-electron chi connectivity index (χ1n) is 6.49. The molecule has 1 heterocycles. The zero-order valence-electron chi connectivity index (χ0n) is 11.7. The second-order valence-electron chi connectivity index (χ2n) is 5.00. The van der Waals surface area contributed by atoms with E-state index < -0.39 is 11.6 Å². The maximum absolute atomic E-state index is 13.5. The third-order valence-corrected chi connectivity index (χ3v) is 2.91. The van der Waals surface area contributed by atoms with Gasteiger partial charge in [0.25, 0.3) is 0 Å². The minimum absolute atomic E-state index is 0.143. The molecule has 0 saturated carbocycles. The molecule has 0 amide bonds. The summed E-state index contributed by atoms with van der Waals surface area (Å²) in [5.74, 6) is -0.201. The summed E-state index contributed by atoms with van der Waals surface area (Å²) in [5.41, 5.74) is 2.01. The Bertz CT molecular complexity index is 612. The molecule has 3 nitrogen and oxygen atoms in total. The van der Waals surface area contributed by atoms with Crippen LogP contribution in [-0.4, -0.2) is 9.97 Å². The molecule has 0 spiro atoms. The molecule has 5 heteroatoms. The molecule has 0 saturated heterocycles. The minimum atomic E-state index is -0.462. The van der Waals surface area contributed by atoms with Gasteiger partial charge in [-0.15, -0.1) is 0 Å². The largest absolute Gasteiger partial charge is 0.350 e. The topological polar surface area (TPSA) is 37.8 Å². The Morgan fingerprint density at radius 3 is 2.60 bits per heavy atom. The van der Waals surface area contributed by atoms with Gasteiger partial charge in [0.05, 0.1) is 0 Å². The van der Waals surface area contributed by atoms with Crippen LogP contribution in [0.15, 0.2) is 24.3 Å². The number of aryl methyl sites for hydroxylation is 1. The van der Waals surface area contributed by atoms with Crippen molar-refractivity contribution >= 4 is 5.95 Å². The normalized spacial score (nSPS) is 10.9. The highest BCUT2D eigenvalue weighted by Crippen LogP contribution is 2.16. The van der Waals surface area contributed by atoms with Gasteiger partial charge in [-0.2, -0.15) is 0 Å². The predicted molar refractivity (Wildman–Crippen MR) is 74.5 cm³/mol. The molecule has 0 unspecified atom stereocenters. The average Bonchev–Trinajstić information content (AvgIpc) is 2.39. The fourth-order valence-corrected chi connectivity index (χ4v) is 1.82. The summed E-state index contributed by atoms with van der Waals surface area (Å²) in [7, 11) is 0. The van der Waals surface area contributed by atoms with Crippen LogP contribution in [0.2, 0.25) is 0 Å². The van der Waals surface area contributed by atoms with Gasteiger partial charge in [0.2, 0.25) is 5.95 Å². The van der Waals surface area contributed by atoms with Crippen molar-refractivity contribution in [1.82, 2.24) is 9.97 Å². The molecule has 0 aliphatic rings. The van der Waals surface area contributed by atoms with Crippen LogP contribution in [0.4, 0.5) is 14.7 Å². The molecule has 0 bridgehead atoms. The second kappa shape index (κ2) is 5.94. The Hall–Kier alpha value is -2.04. The molecule has 0 aliphatic heterocycles. The van der Waals surface area contributed by atoms with E-state index in [0.717, 1.165) is 23.5 Å². The Morgan fingerprint density at radius 2 is 1.90 bits per heavy atom. The lowest BCUT2D eigenvalue weighted by Crippen LogP contribution is -2.08. The number of hydrogen-bond donors (Lipinski definition) is 1. The van der Waals surface area contributed by atoms with Crippen LogP contribution in [0.1, 0.15) is 36.7 Å². The van der Waals surface area contributed by atoms with Crippen molar-refractivity contribution in [3.05, 3.63) is 52.9 Å². The van der Waals surface area contributed by atoms with Gasteiger partial charge in [-0.3, -0.25) is 0 Å². The molecule has 1 N–H and O–H groups in total. The number of benzene rings is 1. The third-order valence-electron chi connectivity index (χ3n) is 2.91. The molecule has 20 heavy (non-hydrogen) atoms. The Kier molecular flexibility index (Phi) is 4.27. The predicted octanol–water partition coefficient (Wildman–Crippen LogP) is 3.80. The molecule has 0 atom stereocenters. The number of nitrogens with one attached hydrogen (secondary N) is 1. The minimum Gasteiger partial charge on any atom is -0.350 e. The molecule has 0 fully saturated rings. The summed E-state index contributed by atoms with van der Waals surface area (Å²) in [5, 5.41) is 2.94. The Morgan fingerprint density at radius 1 is 1.15 bits per heavy atom. The molecule has 1 aromatic heterocycles. The lowest BCUT2D eigenvalue weighted by Gasteiger charge is -2.10. The van der Waals surface area contributed by atoms with Gasteiger partial charge in [0, 0.05) is 23.5 Å². The summed E-state index contributed by atoms with van der Waals surface area (Å²) < 4.78 is 26.6. The van der Waals surface area contributed by atoms with Crippen LogP contribution in [0, 0.1) is 18.6 Å². The molecule has 2 aromatic rings. The highest BCUT2D eigenvalue weighted by atomic mass is 19.1. The highest BCUT2D eigenvalue weighted by molar-refractivity contribution is 5.31. The highest BCUT2D eigenvalue weighted by Gasteiger charge is 2.08. The summed E-state index contributed by atoms with van der Waals surface area (Å²) >= 11 is 0. The number of hydrogen-bond acceptors (Lipinski definition) is 3. The monoisotopic (exact) mass is 277 g/mol. The molecule has 106 valence electrons. The third kappa shape index (κ3) is 3.50. The number of rotatable bonds is 4. The Labute approximate surface area is 117 Å². The Balaban J connectivity index is 2.16. The van der Waals surface area contributed by atoms with Gasteiger partial charge in [-0.1, -0.05) is 13.8 Å². The standard InChI is InChI=1S/C15H17F2N3/c1-9(2)14-6-10(3)19-15(20-14)18-8-11-7-12(16)4-5-13(11)17/h4-7,9H,8H2,1-3H3,(H,18,19,20). The van der Waals surface area contributed by atoms with Gasteiger partial charge < -0.3 is 5.32 Å². The van der Waals surface area contributed by atoms with Crippen molar-refractivity contribution in [2.24, 2.45) is 0 Å². The van der Waals surface area contributed by atoms with E-state index in [9.17, 15) is 8.78 Å². The van der Waals surface area contributed by atoms with E-state index in [1.807, 2.05) is 26.8 Å². The van der Waals surface area contributed by atoms with E-state index in [2.05, 4.69) is 15.3 Å². The van der Waals surface area contributed by atoms with Crippen molar-refractivity contribution in [1.29, 1.82) is 0 Å². The lowest BCUT2D eigenvalue weighted by molar-refractivity contribution is 0.587. The number of nitrogens with zero attached hydrogens (tertiary/aromatic N) is 2. The number of aromatic nitrogens is 2. The zero-order valence-corrected chi connectivity index (χ0v) is 11.7. The van der Waals surface area contributed by atoms with E-state index in [0.29, 0.717) is 5.95 Å². The SMILES string of the molecule is Cc1cc(C(C)C)nc(NCc2cc(F)ccc2F)n1. The molecular formula is C15H17F2N3. The second-order valence-corrected chi connectivity index (χ2v) is 5.00. The first-order valence-corrected chi connectivity index (χ1v) is 6.49. The van der Waals surface area contributed by atoms with E-state index in [4.69, 9.17) is 0 Å². The van der Waals surface area contributed by atoms with Crippen molar-refractivity contribution in [3.63, 3.8) is 0 Å². The van der Waals surface area contributed by atoms with Gasteiger partial charge in [0.1, 0.15) is 11.6 Å². The van der Waals surface area contributed by atoms with Crippen molar-refractivity contribution in [2.45, 2.75) is 33.2 Å². The van der Waals surface area contributed by atoms with Crippen molar-refractivity contribution in [3.8, 4) is 0 Å². The molecular weight excluding hydrogens is 260 g/mol. The van der Waals surface area contributed by atoms with Gasteiger partial charge in [-0.05, 0) is 37.1 Å². The summed E-state index contributed by atoms with van der Waals surface area (Å²) in [6.07, 6.45) is 0.